The van der Waals surface area contributed by atoms with Gasteiger partial charge in [0.2, 0.25) is 0 Å². The molecule has 1 unspecified atom stereocenters. The molecule has 0 spiro atoms. The van der Waals surface area contributed by atoms with Crippen molar-refractivity contribution in [3.8, 4) is 0 Å². The largest absolute Gasteiger partial charge is 0.461 e. The number of ether oxygens (including phenoxy) is 1. The second kappa shape index (κ2) is 8.67. The Hall–Kier alpha value is -1.56. The first-order valence-electron chi connectivity index (χ1n) is 6.86. The first-order chi connectivity index (χ1) is 9.88. The first kappa shape index (κ1) is 17.5. The van der Waals surface area contributed by atoms with Crippen molar-refractivity contribution in [2.45, 2.75) is 32.5 Å². The van der Waals surface area contributed by atoms with Gasteiger partial charge in [-0.3, -0.25) is 4.79 Å². The third-order valence-electron chi connectivity index (χ3n) is 2.89. The van der Waals surface area contributed by atoms with Gasteiger partial charge in [-0.05, 0) is 18.5 Å². The Morgan fingerprint density at radius 3 is 2.57 bits per heavy atom. The van der Waals surface area contributed by atoms with Crippen LogP contribution in [0.1, 0.15) is 25.3 Å². The summed E-state index contributed by atoms with van der Waals surface area (Å²) in [5, 5.41) is 2.84. The average molecular weight is 303 g/mol. The Kier molecular flexibility index (Phi) is 7.22. The van der Waals surface area contributed by atoms with Crippen LogP contribution in [0.2, 0.25) is 0 Å². The molecule has 3 nitrogen and oxygen atoms in total. The normalized spacial score (nSPS) is 13.0. The predicted octanol–water partition coefficient (Wildman–Crippen LogP) is 3.30. The average Bonchev–Trinajstić information content (AvgIpc) is 2.44. The standard InChI is InChI=1S/C15H20F3NO2/c1-12(10-19-9-5-8-15(16,17)18)14(20)21-11-13-6-3-2-4-7-13/h2-4,6-7,12,19H,5,8-11H2,1H3. The fourth-order valence-corrected chi connectivity index (χ4v) is 1.69. The number of esters is 1. The van der Waals surface area contributed by atoms with E-state index < -0.39 is 12.6 Å². The van der Waals surface area contributed by atoms with Gasteiger partial charge in [0, 0.05) is 13.0 Å². The lowest BCUT2D eigenvalue weighted by atomic mass is 10.2. The van der Waals surface area contributed by atoms with E-state index in [4.69, 9.17) is 4.74 Å². The molecule has 6 heteroatoms. The maximum atomic E-state index is 11.9. The predicted molar refractivity (Wildman–Crippen MR) is 73.6 cm³/mol. The second-order valence-electron chi connectivity index (χ2n) is 4.92. The Morgan fingerprint density at radius 1 is 1.29 bits per heavy atom. The molecule has 0 saturated heterocycles. The minimum absolute atomic E-state index is 0.00921. The highest BCUT2D eigenvalue weighted by atomic mass is 19.4. The number of alkyl halides is 3. The summed E-state index contributed by atoms with van der Waals surface area (Å²) >= 11 is 0. The van der Waals surface area contributed by atoms with Crippen LogP contribution in [0.25, 0.3) is 0 Å². The molecule has 0 aliphatic rings. The van der Waals surface area contributed by atoms with Gasteiger partial charge < -0.3 is 10.1 Å². The third-order valence-corrected chi connectivity index (χ3v) is 2.89. The zero-order valence-corrected chi connectivity index (χ0v) is 12.0. The van der Waals surface area contributed by atoms with Gasteiger partial charge in [-0.15, -0.1) is 0 Å². The molecule has 0 aliphatic carbocycles. The molecule has 0 amide bonds. The molecule has 0 radical (unpaired) electrons. The summed E-state index contributed by atoms with van der Waals surface area (Å²) in [6.45, 7) is 2.43. The van der Waals surface area contributed by atoms with Gasteiger partial charge in [0.25, 0.3) is 0 Å². The van der Waals surface area contributed by atoms with E-state index in [0.717, 1.165) is 5.56 Å². The van der Waals surface area contributed by atoms with Gasteiger partial charge in [-0.2, -0.15) is 13.2 Å². The number of carbonyl (C=O) groups excluding carboxylic acids is 1. The Morgan fingerprint density at radius 2 is 1.95 bits per heavy atom. The highest BCUT2D eigenvalue weighted by molar-refractivity contribution is 5.72. The molecule has 1 atom stereocenters. The highest BCUT2D eigenvalue weighted by Gasteiger charge is 2.25. The molecule has 21 heavy (non-hydrogen) atoms. The highest BCUT2D eigenvalue weighted by Crippen LogP contribution is 2.20. The summed E-state index contributed by atoms with van der Waals surface area (Å²) in [6.07, 6.45) is -4.93. The molecule has 1 aromatic rings. The van der Waals surface area contributed by atoms with Crippen molar-refractivity contribution in [1.29, 1.82) is 0 Å². The number of rotatable bonds is 8. The molecule has 1 aromatic carbocycles. The lowest BCUT2D eigenvalue weighted by molar-refractivity contribution is -0.149. The van der Waals surface area contributed by atoms with Crippen LogP contribution in [0, 0.1) is 5.92 Å². The second-order valence-corrected chi connectivity index (χ2v) is 4.92. The van der Waals surface area contributed by atoms with Crippen LogP contribution in [0.4, 0.5) is 13.2 Å². The maximum Gasteiger partial charge on any atom is 0.389 e. The quantitative estimate of drug-likeness (QED) is 0.591. The van der Waals surface area contributed by atoms with Gasteiger partial charge in [-0.25, -0.2) is 0 Å². The summed E-state index contributed by atoms with van der Waals surface area (Å²) in [6, 6.07) is 9.29. The van der Waals surface area contributed by atoms with Crippen molar-refractivity contribution in [2.24, 2.45) is 5.92 Å². The minimum atomic E-state index is -4.12. The monoisotopic (exact) mass is 303 g/mol. The molecule has 0 bridgehead atoms. The first-order valence-corrected chi connectivity index (χ1v) is 6.86. The van der Waals surface area contributed by atoms with Crippen molar-refractivity contribution in [3.63, 3.8) is 0 Å². The molecule has 1 N–H and O–H groups in total. The zero-order chi connectivity index (χ0) is 15.7. The number of benzene rings is 1. The summed E-state index contributed by atoms with van der Waals surface area (Å²) in [5.74, 6) is -0.748. The van der Waals surface area contributed by atoms with Crippen LogP contribution in [-0.2, 0) is 16.1 Å². The van der Waals surface area contributed by atoms with E-state index in [9.17, 15) is 18.0 Å². The Bertz CT molecular complexity index is 421. The summed E-state index contributed by atoms with van der Waals surface area (Å²) < 4.78 is 40.9. The third kappa shape index (κ3) is 8.34. The molecule has 1 rings (SSSR count). The van der Waals surface area contributed by atoms with Crippen molar-refractivity contribution in [3.05, 3.63) is 35.9 Å². The molecular weight excluding hydrogens is 283 g/mol. The lowest BCUT2D eigenvalue weighted by Crippen LogP contribution is -2.29. The molecule has 0 aromatic heterocycles. The molecule has 118 valence electrons. The van der Waals surface area contributed by atoms with Crippen LogP contribution in [0.5, 0.6) is 0 Å². The summed E-state index contributed by atoms with van der Waals surface area (Å²) in [7, 11) is 0. The van der Waals surface area contributed by atoms with Crippen molar-refractivity contribution in [1.82, 2.24) is 5.32 Å². The molecule has 0 saturated carbocycles. The maximum absolute atomic E-state index is 11.9. The van der Waals surface area contributed by atoms with Crippen LogP contribution in [0.3, 0.4) is 0 Å². The number of halogens is 3. The lowest BCUT2D eigenvalue weighted by Gasteiger charge is -2.13. The fourth-order valence-electron chi connectivity index (χ4n) is 1.69. The summed E-state index contributed by atoms with van der Waals surface area (Å²) in [4.78, 5) is 11.7. The van der Waals surface area contributed by atoms with E-state index >= 15 is 0 Å². The van der Waals surface area contributed by atoms with E-state index in [2.05, 4.69) is 5.32 Å². The Labute approximate surface area is 122 Å². The van der Waals surface area contributed by atoms with Crippen molar-refractivity contribution >= 4 is 5.97 Å². The van der Waals surface area contributed by atoms with E-state index in [1.54, 1.807) is 6.92 Å². The van der Waals surface area contributed by atoms with Crippen molar-refractivity contribution in [2.75, 3.05) is 13.1 Å². The van der Waals surface area contributed by atoms with Crippen LogP contribution >= 0.6 is 0 Å². The topological polar surface area (TPSA) is 38.3 Å². The smallest absolute Gasteiger partial charge is 0.389 e. The number of hydrogen-bond acceptors (Lipinski definition) is 3. The SMILES string of the molecule is CC(CNCCCC(F)(F)F)C(=O)OCc1ccccc1. The van der Waals surface area contributed by atoms with Crippen molar-refractivity contribution < 1.29 is 22.7 Å². The van der Waals surface area contributed by atoms with Crippen LogP contribution in [0.15, 0.2) is 30.3 Å². The van der Waals surface area contributed by atoms with E-state index in [1.165, 1.54) is 0 Å². The van der Waals surface area contributed by atoms with Crippen LogP contribution in [-0.4, -0.2) is 25.2 Å². The molecule has 0 aliphatic heterocycles. The van der Waals surface area contributed by atoms with Gasteiger partial charge in [-0.1, -0.05) is 37.3 Å². The Balaban J connectivity index is 2.14. The van der Waals surface area contributed by atoms with Gasteiger partial charge in [0.1, 0.15) is 6.61 Å². The van der Waals surface area contributed by atoms with Gasteiger partial charge >= 0.3 is 12.1 Å². The van der Waals surface area contributed by atoms with Gasteiger partial charge in [0.05, 0.1) is 5.92 Å². The number of nitrogens with one attached hydrogen (secondary N) is 1. The molecular formula is C15H20F3NO2. The van der Waals surface area contributed by atoms with Gasteiger partial charge in [0.15, 0.2) is 0 Å². The van der Waals surface area contributed by atoms with E-state index in [0.29, 0.717) is 6.54 Å². The number of carbonyl (C=O) groups is 1. The fraction of sp³-hybridized carbons (Fsp3) is 0.533. The van der Waals surface area contributed by atoms with E-state index in [1.807, 2.05) is 30.3 Å². The van der Waals surface area contributed by atoms with Crippen LogP contribution < -0.4 is 5.32 Å². The number of hydrogen-bond donors (Lipinski definition) is 1. The molecule has 0 fully saturated rings. The summed E-state index contributed by atoms with van der Waals surface area (Å²) in [5.41, 5.74) is 0.899. The zero-order valence-electron chi connectivity index (χ0n) is 12.0. The van der Waals surface area contributed by atoms with E-state index in [-0.39, 0.29) is 31.5 Å². The minimum Gasteiger partial charge on any atom is -0.461 e. The molecule has 0 heterocycles.